The maximum absolute atomic E-state index is 10.3. The summed E-state index contributed by atoms with van der Waals surface area (Å²) < 4.78 is 6.03. The summed E-state index contributed by atoms with van der Waals surface area (Å²) in [7, 11) is 0. The van der Waals surface area contributed by atoms with E-state index in [-0.39, 0.29) is 17.6 Å². The lowest BCUT2D eigenvalue weighted by atomic mass is 9.48. The van der Waals surface area contributed by atoms with Crippen LogP contribution in [0.2, 0.25) is 0 Å². The van der Waals surface area contributed by atoms with Crippen molar-refractivity contribution in [3.05, 3.63) is 23.8 Å². The van der Waals surface area contributed by atoms with Crippen molar-refractivity contribution in [3.63, 3.8) is 0 Å². The van der Waals surface area contributed by atoms with Crippen LogP contribution >= 0.6 is 0 Å². The van der Waals surface area contributed by atoms with E-state index in [9.17, 15) is 5.11 Å². The molecule has 2 heteroatoms. The van der Waals surface area contributed by atoms with Gasteiger partial charge in [-0.15, -0.1) is 0 Å². The molecule has 0 spiro atoms. The second-order valence-electron chi connectivity index (χ2n) is 12.1. The molecule has 3 fully saturated rings. The fraction of sp³-hybridized carbons (Fsp3) is 0.852. The SMILES string of the molecule is CC(C)CCC[C@@H](C)[C@H]1CC[C@H]2[C@@H]3C=CC4=C[C@@H](O)[C@@H]5O[C@@H]5[C@]4(C)[C@H]3CC[C@]12C. The van der Waals surface area contributed by atoms with E-state index >= 15 is 0 Å². The molecule has 0 aromatic rings. The third-order valence-corrected chi connectivity index (χ3v) is 10.2. The first-order valence-corrected chi connectivity index (χ1v) is 12.5. The smallest absolute Gasteiger partial charge is 0.114 e. The molecule has 162 valence electrons. The van der Waals surface area contributed by atoms with Crippen molar-refractivity contribution in [1.29, 1.82) is 0 Å². The highest BCUT2D eigenvalue weighted by Gasteiger charge is 2.66. The van der Waals surface area contributed by atoms with Gasteiger partial charge in [0, 0.05) is 5.41 Å². The van der Waals surface area contributed by atoms with Crippen LogP contribution in [0.3, 0.4) is 0 Å². The van der Waals surface area contributed by atoms with E-state index in [1.54, 1.807) is 0 Å². The summed E-state index contributed by atoms with van der Waals surface area (Å²) in [6, 6.07) is 0. The first kappa shape index (κ1) is 20.3. The predicted molar refractivity (Wildman–Crippen MR) is 118 cm³/mol. The van der Waals surface area contributed by atoms with Crippen molar-refractivity contribution in [3.8, 4) is 0 Å². The molecule has 29 heavy (non-hydrogen) atoms. The van der Waals surface area contributed by atoms with Crippen LogP contribution in [0.15, 0.2) is 23.8 Å². The van der Waals surface area contributed by atoms with Crippen LogP contribution < -0.4 is 0 Å². The third kappa shape index (κ3) is 2.95. The molecule has 0 aromatic heterocycles. The first-order valence-electron chi connectivity index (χ1n) is 12.5. The molecule has 1 aliphatic heterocycles. The standard InChI is InChI=1S/C27H42O2/c1-16(2)7-6-8-17(3)20-11-12-21-19-10-9-18-15-23(28)24-25(29-24)27(18,5)22(19)13-14-26(20,21)4/h9-10,15-17,19-25,28H,6-8,11-14H2,1-5H3/t17-,19+,20-,21+,22+,23-,24+,25+,26-,27+/m1/s1. The average Bonchev–Trinajstić information content (AvgIpc) is 3.40. The highest BCUT2D eigenvalue weighted by Crippen LogP contribution is 2.68. The van der Waals surface area contributed by atoms with Gasteiger partial charge in [-0.05, 0) is 78.3 Å². The monoisotopic (exact) mass is 398 g/mol. The zero-order chi connectivity index (χ0) is 20.6. The Balaban J connectivity index is 1.36. The zero-order valence-corrected chi connectivity index (χ0v) is 19.2. The van der Waals surface area contributed by atoms with E-state index in [1.807, 2.05) is 0 Å². The number of hydrogen-bond acceptors (Lipinski definition) is 2. The maximum Gasteiger partial charge on any atom is 0.114 e. The Morgan fingerprint density at radius 3 is 2.66 bits per heavy atom. The molecule has 4 aliphatic carbocycles. The maximum atomic E-state index is 10.3. The lowest BCUT2D eigenvalue weighted by molar-refractivity contribution is -0.0305. The number of rotatable bonds is 5. The largest absolute Gasteiger partial charge is 0.386 e. The topological polar surface area (TPSA) is 32.8 Å². The summed E-state index contributed by atoms with van der Waals surface area (Å²) in [5, 5.41) is 10.3. The fourth-order valence-electron chi connectivity index (χ4n) is 8.55. The van der Waals surface area contributed by atoms with Crippen LogP contribution in [0.1, 0.15) is 79.6 Å². The molecule has 1 saturated heterocycles. The molecular formula is C27H42O2. The number of aliphatic hydroxyl groups is 1. The van der Waals surface area contributed by atoms with Gasteiger partial charge in [0.1, 0.15) is 12.2 Å². The van der Waals surface area contributed by atoms with Crippen LogP contribution in [0, 0.1) is 46.3 Å². The summed E-state index contributed by atoms with van der Waals surface area (Å²) in [5.74, 6) is 4.81. The summed E-state index contributed by atoms with van der Waals surface area (Å²) in [6.45, 7) is 12.4. The lowest BCUT2D eigenvalue weighted by Gasteiger charge is -2.56. The minimum atomic E-state index is -0.402. The first-order chi connectivity index (χ1) is 13.8. The van der Waals surface area contributed by atoms with Gasteiger partial charge in [0.05, 0.1) is 6.10 Å². The Hall–Kier alpha value is -0.600. The highest BCUT2D eigenvalue weighted by molar-refractivity contribution is 5.41. The molecule has 0 aromatic carbocycles. The molecule has 0 radical (unpaired) electrons. The minimum absolute atomic E-state index is 0.0570. The molecule has 2 saturated carbocycles. The Morgan fingerprint density at radius 2 is 1.90 bits per heavy atom. The number of hydrogen-bond donors (Lipinski definition) is 1. The molecule has 5 rings (SSSR count). The van der Waals surface area contributed by atoms with E-state index in [0.29, 0.717) is 17.3 Å². The van der Waals surface area contributed by atoms with Gasteiger partial charge in [0.25, 0.3) is 0 Å². The molecule has 0 bridgehead atoms. The molecule has 10 atom stereocenters. The molecule has 1 N–H and O–H groups in total. The number of epoxide rings is 1. The van der Waals surface area contributed by atoms with Crippen molar-refractivity contribution >= 4 is 0 Å². The summed E-state index contributed by atoms with van der Waals surface area (Å²) in [6.07, 6.45) is 16.7. The van der Waals surface area contributed by atoms with Gasteiger partial charge >= 0.3 is 0 Å². The number of fused-ring (bicyclic) bond motifs is 7. The van der Waals surface area contributed by atoms with Crippen molar-refractivity contribution in [2.45, 2.75) is 97.9 Å². The lowest BCUT2D eigenvalue weighted by Crippen LogP contribution is -2.52. The van der Waals surface area contributed by atoms with Crippen molar-refractivity contribution in [2.24, 2.45) is 46.3 Å². The highest BCUT2D eigenvalue weighted by atomic mass is 16.6. The van der Waals surface area contributed by atoms with Gasteiger partial charge in [-0.3, -0.25) is 0 Å². The van der Waals surface area contributed by atoms with Crippen LogP contribution in [0.4, 0.5) is 0 Å². The van der Waals surface area contributed by atoms with Gasteiger partial charge < -0.3 is 9.84 Å². The Morgan fingerprint density at radius 1 is 1.10 bits per heavy atom. The minimum Gasteiger partial charge on any atom is -0.386 e. The molecular weight excluding hydrogens is 356 g/mol. The predicted octanol–water partition coefficient (Wildman–Crippen LogP) is 6.15. The van der Waals surface area contributed by atoms with E-state index in [2.05, 4.69) is 52.8 Å². The van der Waals surface area contributed by atoms with Gasteiger partial charge in [-0.2, -0.15) is 0 Å². The number of ether oxygens (including phenoxy) is 1. The summed E-state index contributed by atoms with van der Waals surface area (Å²) in [5.41, 5.74) is 1.98. The molecule has 5 aliphatic rings. The van der Waals surface area contributed by atoms with E-state index in [0.717, 1.165) is 23.7 Å². The summed E-state index contributed by atoms with van der Waals surface area (Å²) >= 11 is 0. The molecule has 2 nitrogen and oxygen atoms in total. The second-order valence-corrected chi connectivity index (χ2v) is 12.1. The average molecular weight is 399 g/mol. The van der Waals surface area contributed by atoms with Gasteiger partial charge in [-0.1, -0.05) is 66.0 Å². The normalized spacial score (nSPS) is 51.0. The fourth-order valence-corrected chi connectivity index (χ4v) is 8.55. The second kappa shape index (κ2) is 6.95. The molecule has 0 unspecified atom stereocenters. The number of aliphatic hydroxyl groups excluding tert-OH is 1. The van der Waals surface area contributed by atoms with Crippen molar-refractivity contribution in [2.75, 3.05) is 0 Å². The number of allylic oxidation sites excluding steroid dienone is 2. The van der Waals surface area contributed by atoms with Gasteiger partial charge in [-0.25, -0.2) is 0 Å². The molecule has 0 amide bonds. The van der Waals surface area contributed by atoms with Crippen LogP contribution in [-0.4, -0.2) is 23.4 Å². The van der Waals surface area contributed by atoms with E-state index in [1.165, 1.54) is 50.5 Å². The molecule has 1 heterocycles. The Kier molecular flexibility index (Phi) is 4.87. The zero-order valence-electron chi connectivity index (χ0n) is 19.2. The van der Waals surface area contributed by atoms with Gasteiger partial charge in [0.2, 0.25) is 0 Å². The van der Waals surface area contributed by atoms with Crippen molar-refractivity contribution < 1.29 is 9.84 Å². The third-order valence-electron chi connectivity index (χ3n) is 10.2. The Bertz CT molecular complexity index is 707. The quantitative estimate of drug-likeness (QED) is 0.563. The van der Waals surface area contributed by atoms with Crippen LogP contribution in [0.25, 0.3) is 0 Å². The van der Waals surface area contributed by atoms with Gasteiger partial charge in [0.15, 0.2) is 0 Å². The van der Waals surface area contributed by atoms with Crippen molar-refractivity contribution in [1.82, 2.24) is 0 Å². The van der Waals surface area contributed by atoms with E-state index in [4.69, 9.17) is 4.74 Å². The van der Waals surface area contributed by atoms with Crippen LogP contribution in [-0.2, 0) is 4.74 Å². The Labute approximate surface area is 178 Å². The van der Waals surface area contributed by atoms with Crippen LogP contribution in [0.5, 0.6) is 0 Å². The van der Waals surface area contributed by atoms with E-state index < -0.39 is 6.10 Å². The summed E-state index contributed by atoms with van der Waals surface area (Å²) in [4.78, 5) is 0.